The second kappa shape index (κ2) is 6.79. The van der Waals surface area contributed by atoms with Gasteiger partial charge in [0.2, 0.25) is 0 Å². The molecule has 0 saturated heterocycles. The van der Waals surface area contributed by atoms with E-state index in [2.05, 4.69) is 0 Å². The van der Waals surface area contributed by atoms with Crippen LogP contribution in [0.1, 0.15) is 42.1 Å². The number of hydrogen-bond donors (Lipinski definition) is 1. The molecular weight excluding hydrogens is 232 g/mol. The van der Waals surface area contributed by atoms with Crippen LogP contribution in [-0.2, 0) is 4.79 Å². The summed E-state index contributed by atoms with van der Waals surface area (Å²) < 4.78 is 5.39. The van der Waals surface area contributed by atoms with Gasteiger partial charge >= 0.3 is 5.97 Å². The molecule has 0 amide bonds. The monoisotopic (exact) mass is 250 g/mol. The molecule has 4 heteroatoms. The minimum atomic E-state index is -0.870. The normalized spacial score (nSPS) is 10.1. The van der Waals surface area contributed by atoms with Crippen LogP contribution in [-0.4, -0.2) is 23.5 Å². The van der Waals surface area contributed by atoms with E-state index in [9.17, 15) is 9.59 Å². The molecule has 0 unspecified atom stereocenters. The lowest BCUT2D eigenvalue weighted by Crippen LogP contribution is -2.03. The van der Waals surface area contributed by atoms with Crippen molar-refractivity contribution in [2.24, 2.45) is 0 Å². The molecule has 0 aliphatic carbocycles. The van der Waals surface area contributed by atoms with Crippen LogP contribution in [0.5, 0.6) is 5.75 Å². The quantitative estimate of drug-likeness (QED) is 0.756. The van der Waals surface area contributed by atoms with E-state index in [4.69, 9.17) is 9.84 Å². The summed E-state index contributed by atoms with van der Waals surface area (Å²) in [7, 11) is 0. The molecule has 98 valence electrons. The molecule has 1 aromatic carbocycles. The lowest BCUT2D eigenvalue weighted by molar-refractivity contribution is -0.137. The minimum absolute atomic E-state index is 0.0256. The second-order valence-electron chi connectivity index (χ2n) is 4.08. The first kappa shape index (κ1) is 14.2. The van der Waals surface area contributed by atoms with E-state index in [-0.39, 0.29) is 18.6 Å². The summed E-state index contributed by atoms with van der Waals surface area (Å²) >= 11 is 0. The molecule has 0 radical (unpaired) electrons. The minimum Gasteiger partial charge on any atom is -0.494 e. The Morgan fingerprint density at radius 3 is 2.56 bits per heavy atom. The number of carbonyl (C=O) groups excluding carboxylic acids is 1. The van der Waals surface area contributed by atoms with Crippen LogP contribution in [0, 0.1) is 6.92 Å². The third kappa shape index (κ3) is 4.20. The van der Waals surface area contributed by atoms with Crippen LogP contribution >= 0.6 is 0 Å². The number of aliphatic carboxylic acids is 1. The summed E-state index contributed by atoms with van der Waals surface area (Å²) in [4.78, 5) is 22.2. The molecule has 0 aliphatic rings. The van der Waals surface area contributed by atoms with E-state index in [0.29, 0.717) is 18.6 Å². The molecule has 1 N–H and O–H groups in total. The van der Waals surface area contributed by atoms with E-state index < -0.39 is 5.97 Å². The number of carboxylic acid groups (broad SMARTS) is 1. The standard InChI is InChI=1S/C14H18O4/c1-3-18-13-8-7-11(9-10(13)2)12(15)5-4-6-14(16)17/h7-9H,3-6H2,1-2H3,(H,16,17). The Hall–Kier alpha value is -1.84. The Morgan fingerprint density at radius 1 is 1.28 bits per heavy atom. The van der Waals surface area contributed by atoms with Gasteiger partial charge in [-0.3, -0.25) is 9.59 Å². The topological polar surface area (TPSA) is 63.6 Å². The zero-order valence-electron chi connectivity index (χ0n) is 10.7. The average Bonchev–Trinajstić information content (AvgIpc) is 2.31. The lowest BCUT2D eigenvalue weighted by Gasteiger charge is -2.08. The van der Waals surface area contributed by atoms with Crippen LogP contribution in [0.2, 0.25) is 0 Å². The summed E-state index contributed by atoms with van der Waals surface area (Å²) in [6.07, 6.45) is 0.669. The molecule has 0 bridgehead atoms. The van der Waals surface area contributed by atoms with E-state index in [1.165, 1.54) is 0 Å². The van der Waals surface area contributed by atoms with Crippen molar-refractivity contribution in [2.45, 2.75) is 33.1 Å². The summed E-state index contributed by atoms with van der Waals surface area (Å²) in [5, 5.41) is 8.51. The van der Waals surface area contributed by atoms with Gasteiger partial charge in [-0.1, -0.05) is 0 Å². The number of rotatable bonds is 7. The molecule has 1 rings (SSSR count). The fourth-order valence-electron chi connectivity index (χ4n) is 1.68. The van der Waals surface area contributed by atoms with Crippen molar-refractivity contribution in [3.8, 4) is 5.75 Å². The fraction of sp³-hybridized carbons (Fsp3) is 0.429. The summed E-state index contributed by atoms with van der Waals surface area (Å²) in [6, 6.07) is 5.29. The molecule has 0 aliphatic heterocycles. The molecule has 18 heavy (non-hydrogen) atoms. The van der Waals surface area contributed by atoms with E-state index in [1.54, 1.807) is 18.2 Å². The second-order valence-corrected chi connectivity index (χ2v) is 4.08. The van der Waals surface area contributed by atoms with Crippen LogP contribution in [0.25, 0.3) is 0 Å². The number of carbonyl (C=O) groups is 2. The van der Waals surface area contributed by atoms with Crippen molar-refractivity contribution >= 4 is 11.8 Å². The van der Waals surface area contributed by atoms with Gasteiger partial charge in [0, 0.05) is 18.4 Å². The molecule has 0 atom stereocenters. The highest BCUT2D eigenvalue weighted by Gasteiger charge is 2.09. The molecular formula is C14H18O4. The van der Waals surface area contributed by atoms with Gasteiger partial charge in [-0.25, -0.2) is 0 Å². The maximum Gasteiger partial charge on any atom is 0.303 e. The third-order valence-electron chi connectivity index (χ3n) is 2.59. The van der Waals surface area contributed by atoms with Gasteiger partial charge < -0.3 is 9.84 Å². The number of aryl methyl sites for hydroxylation is 1. The van der Waals surface area contributed by atoms with Crippen molar-refractivity contribution < 1.29 is 19.4 Å². The Kier molecular flexibility index (Phi) is 5.36. The van der Waals surface area contributed by atoms with Gasteiger partial charge in [0.25, 0.3) is 0 Å². The first-order valence-electron chi connectivity index (χ1n) is 6.03. The number of ether oxygens (including phenoxy) is 1. The predicted molar refractivity (Wildman–Crippen MR) is 68.2 cm³/mol. The van der Waals surface area contributed by atoms with Gasteiger partial charge in [-0.2, -0.15) is 0 Å². The third-order valence-corrected chi connectivity index (χ3v) is 2.59. The summed E-state index contributed by atoms with van der Waals surface area (Å²) in [5.74, 6) is -0.118. The highest BCUT2D eigenvalue weighted by Crippen LogP contribution is 2.20. The van der Waals surface area contributed by atoms with E-state index >= 15 is 0 Å². The van der Waals surface area contributed by atoms with E-state index in [1.807, 2.05) is 13.8 Å². The zero-order valence-corrected chi connectivity index (χ0v) is 10.7. The van der Waals surface area contributed by atoms with Crippen molar-refractivity contribution in [3.05, 3.63) is 29.3 Å². The van der Waals surface area contributed by atoms with Gasteiger partial charge in [0.15, 0.2) is 5.78 Å². The van der Waals surface area contributed by atoms with Crippen molar-refractivity contribution in [1.82, 2.24) is 0 Å². The van der Waals surface area contributed by atoms with Crippen LogP contribution in [0.15, 0.2) is 18.2 Å². The van der Waals surface area contributed by atoms with Gasteiger partial charge in [0.05, 0.1) is 6.61 Å². The molecule has 0 fully saturated rings. The Balaban J connectivity index is 2.63. The SMILES string of the molecule is CCOc1ccc(C(=O)CCCC(=O)O)cc1C. The Morgan fingerprint density at radius 2 is 2.00 bits per heavy atom. The fourth-order valence-corrected chi connectivity index (χ4v) is 1.68. The Bertz CT molecular complexity index is 437. The number of ketones is 1. The first-order chi connectivity index (χ1) is 8.54. The van der Waals surface area contributed by atoms with Crippen molar-refractivity contribution in [3.63, 3.8) is 0 Å². The molecule has 0 heterocycles. The van der Waals surface area contributed by atoms with Crippen LogP contribution < -0.4 is 4.74 Å². The number of Topliss-reactive ketones (excluding diaryl/α,β-unsaturated/α-hetero) is 1. The molecule has 4 nitrogen and oxygen atoms in total. The maximum atomic E-state index is 11.8. The highest BCUT2D eigenvalue weighted by molar-refractivity contribution is 5.96. The van der Waals surface area contributed by atoms with Gasteiger partial charge in [-0.05, 0) is 44.0 Å². The van der Waals surface area contributed by atoms with Crippen LogP contribution in [0.4, 0.5) is 0 Å². The highest BCUT2D eigenvalue weighted by atomic mass is 16.5. The average molecular weight is 250 g/mol. The first-order valence-corrected chi connectivity index (χ1v) is 6.03. The smallest absolute Gasteiger partial charge is 0.303 e. The summed E-state index contributed by atoms with van der Waals surface area (Å²) in [5.41, 5.74) is 1.53. The molecule has 0 saturated carbocycles. The van der Waals surface area contributed by atoms with Crippen LogP contribution in [0.3, 0.4) is 0 Å². The lowest BCUT2D eigenvalue weighted by atomic mass is 10.0. The largest absolute Gasteiger partial charge is 0.494 e. The number of benzene rings is 1. The van der Waals surface area contributed by atoms with Crippen molar-refractivity contribution in [1.29, 1.82) is 0 Å². The number of carboxylic acids is 1. The maximum absolute atomic E-state index is 11.8. The number of hydrogen-bond acceptors (Lipinski definition) is 3. The molecule has 0 aromatic heterocycles. The zero-order chi connectivity index (χ0) is 13.5. The van der Waals surface area contributed by atoms with Gasteiger partial charge in [0.1, 0.15) is 5.75 Å². The van der Waals surface area contributed by atoms with Gasteiger partial charge in [-0.15, -0.1) is 0 Å². The Labute approximate surface area is 107 Å². The van der Waals surface area contributed by atoms with E-state index in [0.717, 1.165) is 11.3 Å². The summed E-state index contributed by atoms with van der Waals surface area (Å²) in [6.45, 7) is 4.39. The molecule has 1 aromatic rings. The predicted octanol–water partition coefficient (Wildman–Crippen LogP) is 2.83. The van der Waals surface area contributed by atoms with Crippen molar-refractivity contribution in [2.75, 3.05) is 6.61 Å². The molecule has 0 spiro atoms.